The minimum absolute atomic E-state index is 0. The van der Waals surface area contributed by atoms with E-state index in [-0.39, 0.29) is 42.3 Å². The highest BCUT2D eigenvalue weighted by atomic mass is 127. The first-order valence-electron chi connectivity index (χ1n) is 9.41. The van der Waals surface area contributed by atoms with Gasteiger partial charge in [0.1, 0.15) is 0 Å². The van der Waals surface area contributed by atoms with Crippen LogP contribution in [0.3, 0.4) is 0 Å². The van der Waals surface area contributed by atoms with Crippen LogP contribution in [-0.4, -0.2) is 36.6 Å². The predicted octanol–water partition coefficient (Wildman–Crippen LogP) is 3.67. The Balaban J connectivity index is 0.00000300. The SMILES string of the molecule is CCNC(=NCC(O)c1ccc(Cl)cc1)NCC1CC(=O)Nc2ccccc21.I. The molecule has 1 aliphatic heterocycles. The molecule has 0 aromatic heterocycles. The van der Waals surface area contributed by atoms with Gasteiger partial charge in [0.25, 0.3) is 0 Å². The number of nitrogens with one attached hydrogen (secondary N) is 3. The molecule has 2 aromatic rings. The molecular weight excluding hydrogens is 503 g/mol. The lowest BCUT2D eigenvalue weighted by Gasteiger charge is -2.26. The second kappa shape index (κ2) is 11.4. The van der Waals surface area contributed by atoms with Crippen molar-refractivity contribution >= 4 is 53.1 Å². The molecule has 0 radical (unpaired) electrons. The number of nitrogens with zero attached hydrogens (tertiary/aromatic N) is 1. The lowest BCUT2D eigenvalue weighted by Crippen LogP contribution is -2.41. The van der Waals surface area contributed by atoms with Crippen molar-refractivity contribution in [2.24, 2.45) is 4.99 Å². The van der Waals surface area contributed by atoms with Crippen LogP contribution in [0.5, 0.6) is 0 Å². The lowest BCUT2D eigenvalue weighted by atomic mass is 9.90. The summed E-state index contributed by atoms with van der Waals surface area (Å²) < 4.78 is 0. The van der Waals surface area contributed by atoms with Crippen LogP contribution in [0.1, 0.15) is 36.5 Å². The van der Waals surface area contributed by atoms with E-state index in [4.69, 9.17) is 11.6 Å². The van der Waals surface area contributed by atoms with Crippen molar-refractivity contribution in [1.29, 1.82) is 0 Å². The predicted molar refractivity (Wildman–Crippen MR) is 128 cm³/mol. The van der Waals surface area contributed by atoms with E-state index in [1.54, 1.807) is 24.3 Å². The van der Waals surface area contributed by atoms with Gasteiger partial charge in [-0.25, -0.2) is 0 Å². The molecule has 0 spiro atoms. The van der Waals surface area contributed by atoms with Crippen LogP contribution in [0.2, 0.25) is 5.02 Å². The standard InChI is InChI=1S/C21H25ClN4O2.HI/c1-2-23-21(25-13-19(27)14-7-9-16(22)10-8-14)24-12-15-11-20(28)26-18-6-4-3-5-17(15)18;/h3-10,15,19,27H,2,11-13H2,1H3,(H,26,28)(H2,23,24,25);1H. The summed E-state index contributed by atoms with van der Waals surface area (Å²) in [6, 6.07) is 14.9. The molecule has 1 heterocycles. The van der Waals surface area contributed by atoms with Crippen molar-refractivity contribution in [3.05, 3.63) is 64.7 Å². The maximum atomic E-state index is 12.0. The van der Waals surface area contributed by atoms with E-state index in [0.717, 1.165) is 16.8 Å². The topological polar surface area (TPSA) is 85.8 Å². The highest BCUT2D eigenvalue weighted by Crippen LogP contribution is 2.31. The quantitative estimate of drug-likeness (QED) is 0.262. The monoisotopic (exact) mass is 528 g/mol. The summed E-state index contributed by atoms with van der Waals surface area (Å²) >= 11 is 5.89. The van der Waals surface area contributed by atoms with Crippen molar-refractivity contribution in [3.8, 4) is 0 Å². The molecule has 4 N–H and O–H groups in total. The summed E-state index contributed by atoms with van der Waals surface area (Å²) in [5, 5.41) is 20.4. The first-order valence-corrected chi connectivity index (χ1v) is 9.79. The molecule has 2 aromatic carbocycles. The molecule has 3 rings (SSSR count). The van der Waals surface area contributed by atoms with Gasteiger partial charge in [0.2, 0.25) is 5.91 Å². The molecule has 29 heavy (non-hydrogen) atoms. The normalized spacial score (nSPS) is 16.9. The fraction of sp³-hybridized carbons (Fsp3) is 0.333. The van der Waals surface area contributed by atoms with Crippen LogP contribution in [0.15, 0.2) is 53.5 Å². The Morgan fingerprint density at radius 3 is 2.69 bits per heavy atom. The average Bonchev–Trinajstić information content (AvgIpc) is 2.70. The van der Waals surface area contributed by atoms with Gasteiger partial charge in [-0.1, -0.05) is 41.9 Å². The Labute approximate surface area is 193 Å². The Morgan fingerprint density at radius 1 is 1.24 bits per heavy atom. The molecular formula is C21H26ClIN4O2. The number of guanidine groups is 1. The number of para-hydroxylation sites is 1. The van der Waals surface area contributed by atoms with Crippen molar-refractivity contribution in [1.82, 2.24) is 10.6 Å². The first kappa shape index (κ1) is 23.4. The average molecular weight is 529 g/mol. The van der Waals surface area contributed by atoms with Crippen molar-refractivity contribution < 1.29 is 9.90 Å². The van der Waals surface area contributed by atoms with Crippen LogP contribution >= 0.6 is 35.6 Å². The van der Waals surface area contributed by atoms with Gasteiger partial charge >= 0.3 is 0 Å². The number of aliphatic imine (C=N–C) groups is 1. The van der Waals surface area contributed by atoms with E-state index in [9.17, 15) is 9.90 Å². The van der Waals surface area contributed by atoms with Crippen LogP contribution in [-0.2, 0) is 4.79 Å². The number of carbonyl (C=O) groups is 1. The summed E-state index contributed by atoms with van der Waals surface area (Å²) in [5.41, 5.74) is 2.75. The third-order valence-corrected chi connectivity index (χ3v) is 4.90. The van der Waals surface area contributed by atoms with E-state index >= 15 is 0 Å². The molecule has 2 atom stereocenters. The van der Waals surface area contributed by atoms with E-state index in [0.29, 0.717) is 30.5 Å². The van der Waals surface area contributed by atoms with Gasteiger partial charge in [0.15, 0.2) is 5.96 Å². The van der Waals surface area contributed by atoms with Gasteiger partial charge in [-0.15, -0.1) is 24.0 Å². The number of hydrogen-bond donors (Lipinski definition) is 4. The number of aliphatic hydroxyl groups excluding tert-OH is 1. The fourth-order valence-corrected chi connectivity index (χ4v) is 3.34. The highest BCUT2D eigenvalue weighted by Gasteiger charge is 2.24. The summed E-state index contributed by atoms with van der Waals surface area (Å²) in [7, 11) is 0. The van der Waals surface area contributed by atoms with Crippen LogP contribution < -0.4 is 16.0 Å². The number of rotatable bonds is 6. The zero-order valence-corrected chi connectivity index (χ0v) is 19.3. The summed E-state index contributed by atoms with van der Waals surface area (Å²) in [6.07, 6.45) is -0.287. The minimum atomic E-state index is -0.714. The Hall–Kier alpha value is -1.84. The maximum absolute atomic E-state index is 12.0. The lowest BCUT2D eigenvalue weighted by molar-refractivity contribution is -0.116. The second-order valence-corrected chi connectivity index (χ2v) is 7.14. The zero-order valence-electron chi connectivity index (χ0n) is 16.2. The number of benzene rings is 2. The number of amides is 1. The first-order chi connectivity index (χ1) is 13.6. The third-order valence-electron chi connectivity index (χ3n) is 4.64. The maximum Gasteiger partial charge on any atom is 0.225 e. The number of fused-ring (bicyclic) bond motifs is 1. The molecule has 156 valence electrons. The van der Waals surface area contributed by atoms with E-state index in [1.807, 2.05) is 31.2 Å². The molecule has 0 saturated heterocycles. The Morgan fingerprint density at radius 2 is 1.97 bits per heavy atom. The minimum Gasteiger partial charge on any atom is -0.386 e. The van der Waals surface area contributed by atoms with Gasteiger partial charge in [-0.3, -0.25) is 9.79 Å². The smallest absolute Gasteiger partial charge is 0.225 e. The van der Waals surface area contributed by atoms with Crippen molar-refractivity contribution in [3.63, 3.8) is 0 Å². The summed E-state index contributed by atoms with van der Waals surface area (Å²) in [4.78, 5) is 16.5. The van der Waals surface area contributed by atoms with Gasteiger partial charge < -0.3 is 21.1 Å². The van der Waals surface area contributed by atoms with Gasteiger partial charge in [0, 0.05) is 36.1 Å². The third kappa shape index (κ3) is 6.58. The highest BCUT2D eigenvalue weighted by molar-refractivity contribution is 14.0. The van der Waals surface area contributed by atoms with Crippen molar-refractivity contribution in [2.45, 2.75) is 25.4 Å². The van der Waals surface area contributed by atoms with Gasteiger partial charge in [-0.05, 0) is 36.2 Å². The molecule has 0 aliphatic carbocycles. The Kier molecular flexibility index (Phi) is 9.19. The van der Waals surface area contributed by atoms with Crippen LogP contribution in [0.4, 0.5) is 5.69 Å². The van der Waals surface area contributed by atoms with E-state index in [1.165, 1.54) is 0 Å². The molecule has 2 unspecified atom stereocenters. The van der Waals surface area contributed by atoms with Crippen LogP contribution in [0.25, 0.3) is 0 Å². The molecule has 1 amide bonds. The number of hydrogen-bond acceptors (Lipinski definition) is 3. The molecule has 8 heteroatoms. The van der Waals surface area contributed by atoms with Gasteiger partial charge in [-0.2, -0.15) is 0 Å². The summed E-state index contributed by atoms with van der Waals surface area (Å²) in [6.45, 7) is 3.48. The van der Waals surface area contributed by atoms with Crippen molar-refractivity contribution in [2.75, 3.05) is 25.0 Å². The van der Waals surface area contributed by atoms with E-state index < -0.39 is 6.10 Å². The number of aliphatic hydroxyl groups is 1. The zero-order chi connectivity index (χ0) is 19.9. The van der Waals surface area contributed by atoms with Gasteiger partial charge in [0.05, 0.1) is 12.6 Å². The largest absolute Gasteiger partial charge is 0.386 e. The Bertz CT molecular complexity index is 845. The van der Waals surface area contributed by atoms with Crippen LogP contribution in [0, 0.1) is 0 Å². The molecule has 0 bridgehead atoms. The summed E-state index contributed by atoms with van der Waals surface area (Å²) in [5.74, 6) is 0.694. The molecule has 0 fully saturated rings. The molecule has 0 saturated carbocycles. The molecule has 1 aliphatic rings. The van der Waals surface area contributed by atoms with E-state index in [2.05, 4.69) is 20.9 Å². The molecule has 6 nitrogen and oxygen atoms in total. The fourth-order valence-electron chi connectivity index (χ4n) is 3.21. The number of anilines is 1. The number of halogens is 2. The second-order valence-electron chi connectivity index (χ2n) is 6.70. The number of carbonyl (C=O) groups excluding carboxylic acids is 1.